The van der Waals surface area contributed by atoms with Crippen LogP contribution in [0.5, 0.6) is 5.75 Å². The zero-order valence-electron chi connectivity index (χ0n) is 15.2. The minimum atomic E-state index is -3.97. The van der Waals surface area contributed by atoms with E-state index in [0.29, 0.717) is 11.5 Å². The van der Waals surface area contributed by atoms with Gasteiger partial charge in [-0.25, -0.2) is 13.2 Å². The highest BCUT2D eigenvalue weighted by Gasteiger charge is 2.49. The molecule has 2 rings (SSSR count). The van der Waals surface area contributed by atoms with Crippen LogP contribution in [-0.4, -0.2) is 54.5 Å². The van der Waals surface area contributed by atoms with Gasteiger partial charge >= 0.3 is 11.9 Å². The predicted molar refractivity (Wildman–Crippen MR) is 98.2 cm³/mol. The number of thioether (sulfide) groups is 1. The molecule has 2 N–H and O–H groups in total. The van der Waals surface area contributed by atoms with Gasteiger partial charge in [-0.15, -0.1) is 0 Å². The Hall–Kier alpha value is -1.82. The molecule has 11 heteroatoms. The summed E-state index contributed by atoms with van der Waals surface area (Å²) in [5, 5.41) is 0. The number of hydrogen-bond donors (Lipinski definition) is 1. The zero-order valence-corrected chi connectivity index (χ0v) is 16.8. The van der Waals surface area contributed by atoms with Crippen molar-refractivity contribution in [1.29, 1.82) is 0 Å². The molecule has 0 saturated carbocycles. The summed E-state index contributed by atoms with van der Waals surface area (Å²) in [7, 11) is -3.97. The van der Waals surface area contributed by atoms with Crippen molar-refractivity contribution in [2.45, 2.75) is 36.5 Å². The highest BCUT2D eigenvalue weighted by atomic mass is 32.2. The van der Waals surface area contributed by atoms with E-state index in [4.69, 9.17) is 10.6 Å². The third kappa shape index (κ3) is 4.92. The van der Waals surface area contributed by atoms with Crippen LogP contribution in [0, 0.1) is 0 Å². The molecule has 1 atom stereocenters. The molecule has 1 aliphatic heterocycles. The van der Waals surface area contributed by atoms with Crippen molar-refractivity contribution < 1.29 is 32.3 Å². The molecule has 0 amide bonds. The second-order valence-corrected chi connectivity index (χ2v) is 9.92. The van der Waals surface area contributed by atoms with E-state index in [-0.39, 0.29) is 18.2 Å². The van der Waals surface area contributed by atoms with E-state index in [1.54, 1.807) is 13.8 Å². The maximum atomic E-state index is 13.1. The number of carbonyl (C=O) groups excluding carboxylic acids is 2. The Morgan fingerprint density at radius 2 is 1.93 bits per heavy atom. The highest BCUT2D eigenvalue weighted by Crippen LogP contribution is 2.38. The first kappa shape index (κ1) is 21.5. The number of carbonyl (C=O) groups is 2. The summed E-state index contributed by atoms with van der Waals surface area (Å²) in [4.78, 5) is 27.2. The molecule has 27 heavy (non-hydrogen) atoms. The summed E-state index contributed by atoms with van der Waals surface area (Å²) in [6.07, 6.45) is 0. The van der Waals surface area contributed by atoms with E-state index in [0.717, 1.165) is 4.31 Å². The first-order valence-electron chi connectivity index (χ1n) is 8.02. The van der Waals surface area contributed by atoms with E-state index in [1.165, 1.54) is 43.0 Å². The summed E-state index contributed by atoms with van der Waals surface area (Å²) in [6, 6.07) is 4.55. The van der Waals surface area contributed by atoms with Crippen molar-refractivity contribution in [2.75, 3.05) is 19.1 Å². The molecular weight excluding hydrogens is 396 g/mol. The number of ether oxygens (including phenoxy) is 2. The average molecular weight is 418 g/mol. The van der Waals surface area contributed by atoms with Gasteiger partial charge in [-0.3, -0.25) is 4.79 Å². The molecule has 1 saturated heterocycles. The summed E-state index contributed by atoms with van der Waals surface area (Å²) >= 11 is 1.48. The SMILES string of the molecule is CC(=O)OCOc1ccc(S(=O)(=O)N2CCSC(C)(C)[C@@H]2C(=O)ON)cc1. The standard InChI is InChI=1S/C16H22N2O7S2/c1-11(19)23-10-24-12-4-6-13(7-5-12)27(21,22)18-8-9-26-16(2,3)14(18)15(20)25-17/h4-7,14H,8-10,17H2,1-3H3/t14-/m0/s1. The molecule has 0 aromatic heterocycles. The Morgan fingerprint density at radius 1 is 1.30 bits per heavy atom. The van der Waals surface area contributed by atoms with Gasteiger partial charge in [-0.2, -0.15) is 22.0 Å². The Kier molecular flexibility index (Phi) is 6.73. The van der Waals surface area contributed by atoms with Crippen LogP contribution in [0.25, 0.3) is 0 Å². The Morgan fingerprint density at radius 3 is 2.48 bits per heavy atom. The van der Waals surface area contributed by atoms with Crippen molar-refractivity contribution in [3.05, 3.63) is 24.3 Å². The smallest absolute Gasteiger partial charge is 0.344 e. The van der Waals surface area contributed by atoms with E-state index >= 15 is 0 Å². The number of nitrogens with two attached hydrogens (primary N) is 1. The second kappa shape index (κ2) is 8.46. The van der Waals surface area contributed by atoms with Crippen LogP contribution in [0.1, 0.15) is 20.8 Å². The molecule has 0 aliphatic carbocycles. The molecule has 0 unspecified atom stereocenters. The van der Waals surface area contributed by atoms with Crippen molar-refractivity contribution in [2.24, 2.45) is 5.90 Å². The topological polar surface area (TPSA) is 125 Å². The van der Waals surface area contributed by atoms with Gasteiger partial charge in [0.05, 0.1) is 4.90 Å². The van der Waals surface area contributed by atoms with Crippen LogP contribution in [0.15, 0.2) is 29.2 Å². The average Bonchev–Trinajstić information content (AvgIpc) is 2.60. The number of nitrogens with zero attached hydrogens (tertiary/aromatic N) is 1. The van der Waals surface area contributed by atoms with Gasteiger partial charge < -0.3 is 14.3 Å². The fraction of sp³-hybridized carbons (Fsp3) is 0.500. The van der Waals surface area contributed by atoms with Gasteiger partial charge in [-0.1, -0.05) is 0 Å². The molecule has 1 aromatic carbocycles. The normalized spacial score (nSPS) is 19.9. The van der Waals surface area contributed by atoms with Crippen LogP contribution < -0.4 is 10.6 Å². The van der Waals surface area contributed by atoms with Gasteiger partial charge in [0.2, 0.25) is 16.8 Å². The first-order chi connectivity index (χ1) is 12.6. The van der Waals surface area contributed by atoms with Crippen LogP contribution in [0.2, 0.25) is 0 Å². The monoisotopic (exact) mass is 418 g/mol. The molecule has 9 nitrogen and oxygen atoms in total. The van der Waals surface area contributed by atoms with E-state index in [1.807, 2.05) is 0 Å². The lowest BCUT2D eigenvalue weighted by atomic mass is 10.0. The van der Waals surface area contributed by atoms with Crippen LogP contribution in [0.4, 0.5) is 0 Å². The number of sulfonamides is 1. The summed E-state index contributed by atoms with van der Waals surface area (Å²) < 4.78 is 36.4. The molecule has 0 spiro atoms. The van der Waals surface area contributed by atoms with Crippen molar-refractivity contribution in [1.82, 2.24) is 4.31 Å². The number of rotatable bonds is 6. The number of hydrogen-bond acceptors (Lipinski definition) is 9. The summed E-state index contributed by atoms with van der Waals surface area (Å²) in [5.41, 5.74) is 0. The summed E-state index contributed by atoms with van der Waals surface area (Å²) in [5.74, 6) is 4.59. The van der Waals surface area contributed by atoms with Gasteiger partial charge in [0.15, 0.2) is 0 Å². The molecular formula is C16H22N2O7S2. The Bertz CT molecular complexity index is 793. The molecule has 0 bridgehead atoms. The fourth-order valence-corrected chi connectivity index (χ4v) is 5.79. The number of esters is 1. The van der Waals surface area contributed by atoms with Gasteiger partial charge in [-0.05, 0) is 38.1 Å². The lowest BCUT2D eigenvalue weighted by molar-refractivity contribution is -0.150. The second-order valence-electron chi connectivity index (χ2n) is 6.28. The van der Waals surface area contributed by atoms with Crippen molar-refractivity contribution in [3.8, 4) is 5.75 Å². The summed E-state index contributed by atoms with van der Waals surface area (Å²) in [6.45, 7) is 4.67. The van der Waals surface area contributed by atoms with Gasteiger partial charge in [0.25, 0.3) is 0 Å². The molecule has 1 fully saturated rings. The van der Waals surface area contributed by atoms with E-state index in [2.05, 4.69) is 9.57 Å². The van der Waals surface area contributed by atoms with Crippen LogP contribution in [0.3, 0.4) is 0 Å². The predicted octanol–water partition coefficient (Wildman–Crippen LogP) is 0.888. The Labute approximate surface area is 162 Å². The van der Waals surface area contributed by atoms with Gasteiger partial charge in [0.1, 0.15) is 11.8 Å². The molecule has 150 valence electrons. The minimum Gasteiger partial charge on any atom is -0.457 e. The van der Waals surface area contributed by atoms with E-state index < -0.39 is 32.8 Å². The lowest BCUT2D eigenvalue weighted by Crippen LogP contribution is -2.59. The molecule has 1 heterocycles. The fourth-order valence-electron chi connectivity index (χ4n) is 2.70. The van der Waals surface area contributed by atoms with Crippen molar-refractivity contribution in [3.63, 3.8) is 0 Å². The van der Waals surface area contributed by atoms with Crippen LogP contribution >= 0.6 is 11.8 Å². The van der Waals surface area contributed by atoms with Crippen LogP contribution in [-0.2, 0) is 29.2 Å². The van der Waals surface area contributed by atoms with E-state index in [9.17, 15) is 18.0 Å². The van der Waals surface area contributed by atoms with Crippen molar-refractivity contribution >= 4 is 33.7 Å². The lowest BCUT2D eigenvalue weighted by Gasteiger charge is -2.42. The Balaban J connectivity index is 2.25. The quantitative estimate of drug-likeness (QED) is 0.407. The maximum absolute atomic E-state index is 13.1. The molecule has 1 aliphatic rings. The molecule has 0 radical (unpaired) electrons. The largest absolute Gasteiger partial charge is 0.457 e. The minimum absolute atomic E-state index is 0.000132. The highest BCUT2D eigenvalue weighted by molar-refractivity contribution is 8.00. The third-order valence-electron chi connectivity index (χ3n) is 3.99. The first-order valence-corrected chi connectivity index (χ1v) is 10.4. The zero-order chi connectivity index (χ0) is 20.2. The maximum Gasteiger partial charge on any atom is 0.344 e. The van der Waals surface area contributed by atoms with Gasteiger partial charge in [0, 0.05) is 24.0 Å². The molecule has 1 aromatic rings. The number of benzene rings is 1. The third-order valence-corrected chi connectivity index (χ3v) is 7.22.